The van der Waals surface area contributed by atoms with Gasteiger partial charge in [-0.15, -0.1) is 6.58 Å². The van der Waals surface area contributed by atoms with Crippen molar-refractivity contribution in [2.75, 3.05) is 13.1 Å². The Morgan fingerprint density at radius 3 is 2.68 bits per heavy atom. The van der Waals surface area contributed by atoms with Gasteiger partial charge in [0.2, 0.25) is 5.91 Å². The van der Waals surface area contributed by atoms with Crippen molar-refractivity contribution in [2.24, 2.45) is 0 Å². The smallest absolute Gasteiger partial charge is 0.272 e. The van der Waals surface area contributed by atoms with Crippen LogP contribution in [0.15, 0.2) is 72.3 Å². The number of carbonyl (C=O) groups is 2. The Morgan fingerprint density at radius 1 is 1.36 bits per heavy atom. The normalized spacial score (nSPS) is 17.2. The molecular weight excluding hydrogens is 358 g/mol. The predicted octanol–water partition coefficient (Wildman–Crippen LogP) is 1.19. The standard InChI is InChI=1S/C21H21N3O4/c1-3-21(13-24(14-21)15(2)26)23-20(27)18-19(17(11-25)9-10-22-18)28-12-16-7-5-4-6-8-16/h3-10,22H,1,12-14H2,2H3,(H,23,27). The fourth-order valence-corrected chi connectivity index (χ4v) is 3.02. The third kappa shape index (κ3) is 3.89. The highest BCUT2D eigenvalue weighted by Gasteiger charge is 2.43. The number of benzene rings is 1. The molecule has 2 amide bonds. The highest BCUT2D eigenvalue weighted by Crippen LogP contribution is 2.25. The van der Waals surface area contributed by atoms with Gasteiger partial charge in [-0.05, 0) is 11.6 Å². The molecule has 0 radical (unpaired) electrons. The number of nitrogens with zero attached hydrogens (tertiary/aromatic N) is 1. The molecule has 0 spiro atoms. The fourth-order valence-electron chi connectivity index (χ4n) is 3.02. The Hall–Kier alpha value is -3.57. The third-order valence-corrected chi connectivity index (χ3v) is 4.66. The van der Waals surface area contributed by atoms with Crippen LogP contribution in [-0.2, 0) is 25.7 Å². The van der Waals surface area contributed by atoms with Crippen molar-refractivity contribution in [3.8, 4) is 0 Å². The number of likely N-dealkylation sites (tertiary alicyclic amines) is 1. The molecule has 0 saturated carbocycles. The predicted molar refractivity (Wildman–Crippen MR) is 103 cm³/mol. The van der Waals surface area contributed by atoms with Crippen molar-refractivity contribution >= 4 is 17.8 Å². The van der Waals surface area contributed by atoms with Gasteiger partial charge >= 0.3 is 0 Å². The maximum atomic E-state index is 12.9. The summed E-state index contributed by atoms with van der Waals surface area (Å²) in [5.41, 5.74) is 0.438. The molecule has 1 aromatic carbocycles. The summed E-state index contributed by atoms with van der Waals surface area (Å²) in [5.74, 6) is 1.41. The van der Waals surface area contributed by atoms with E-state index >= 15 is 0 Å². The number of ether oxygens (including phenoxy) is 1. The van der Waals surface area contributed by atoms with E-state index in [0.717, 1.165) is 5.56 Å². The summed E-state index contributed by atoms with van der Waals surface area (Å²) >= 11 is 0. The van der Waals surface area contributed by atoms with Gasteiger partial charge in [0.25, 0.3) is 5.91 Å². The molecule has 28 heavy (non-hydrogen) atoms. The molecule has 2 heterocycles. The molecule has 3 rings (SSSR count). The van der Waals surface area contributed by atoms with Gasteiger partial charge < -0.3 is 20.3 Å². The maximum Gasteiger partial charge on any atom is 0.272 e. The number of carbonyl (C=O) groups excluding carboxylic acids is 3. The fraction of sp³-hybridized carbons (Fsp3) is 0.238. The molecule has 7 heteroatoms. The Bertz CT molecular complexity index is 905. The number of dihydropyridines is 1. The lowest BCUT2D eigenvalue weighted by Gasteiger charge is -2.48. The molecule has 1 saturated heterocycles. The largest absolute Gasteiger partial charge is 0.485 e. The quantitative estimate of drug-likeness (QED) is 0.573. The van der Waals surface area contributed by atoms with Crippen LogP contribution in [0.25, 0.3) is 0 Å². The molecule has 0 bridgehead atoms. The van der Waals surface area contributed by atoms with E-state index in [-0.39, 0.29) is 29.5 Å². The van der Waals surface area contributed by atoms with Crippen LogP contribution in [0.5, 0.6) is 0 Å². The van der Waals surface area contributed by atoms with Gasteiger partial charge in [-0.25, -0.2) is 4.79 Å². The van der Waals surface area contributed by atoms with Crippen molar-refractivity contribution in [2.45, 2.75) is 19.1 Å². The van der Waals surface area contributed by atoms with E-state index in [1.54, 1.807) is 16.9 Å². The second-order valence-electron chi connectivity index (χ2n) is 6.66. The highest BCUT2D eigenvalue weighted by atomic mass is 16.5. The Labute approximate surface area is 163 Å². The van der Waals surface area contributed by atoms with Gasteiger partial charge in [-0.3, -0.25) is 9.59 Å². The van der Waals surface area contributed by atoms with Gasteiger partial charge in [0.05, 0.1) is 5.54 Å². The minimum Gasteiger partial charge on any atom is -0.485 e. The lowest BCUT2D eigenvalue weighted by atomic mass is 9.89. The first-order chi connectivity index (χ1) is 13.5. The number of allylic oxidation sites excluding steroid dienone is 1. The second kappa shape index (κ2) is 7.98. The molecule has 1 aromatic rings. The molecule has 1 fully saturated rings. The zero-order chi connectivity index (χ0) is 20.1. The first kappa shape index (κ1) is 19.2. The van der Waals surface area contributed by atoms with Crippen molar-refractivity contribution < 1.29 is 19.1 Å². The molecule has 0 aromatic heterocycles. The molecule has 144 valence electrons. The van der Waals surface area contributed by atoms with E-state index in [1.807, 2.05) is 30.3 Å². The van der Waals surface area contributed by atoms with E-state index in [2.05, 4.69) is 17.2 Å². The van der Waals surface area contributed by atoms with Crippen LogP contribution >= 0.6 is 0 Å². The van der Waals surface area contributed by atoms with Crippen LogP contribution < -0.4 is 10.6 Å². The average molecular weight is 379 g/mol. The lowest BCUT2D eigenvalue weighted by Crippen LogP contribution is -2.70. The van der Waals surface area contributed by atoms with Crippen LogP contribution in [-0.4, -0.2) is 41.3 Å². The topological polar surface area (TPSA) is 87.7 Å². The summed E-state index contributed by atoms with van der Waals surface area (Å²) in [5, 5.41) is 5.72. The van der Waals surface area contributed by atoms with Gasteiger partial charge in [-0.1, -0.05) is 36.4 Å². The van der Waals surface area contributed by atoms with Gasteiger partial charge in [0.15, 0.2) is 5.76 Å². The minimum atomic E-state index is -0.714. The van der Waals surface area contributed by atoms with E-state index in [1.165, 1.54) is 19.2 Å². The second-order valence-corrected chi connectivity index (χ2v) is 6.66. The van der Waals surface area contributed by atoms with Gasteiger partial charge in [0, 0.05) is 26.2 Å². The van der Waals surface area contributed by atoms with Crippen LogP contribution in [0.4, 0.5) is 0 Å². The number of amides is 2. The summed E-state index contributed by atoms with van der Waals surface area (Å²) < 4.78 is 5.78. The maximum absolute atomic E-state index is 12.9. The van der Waals surface area contributed by atoms with Crippen LogP contribution in [0.3, 0.4) is 0 Å². The summed E-state index contributed by atoms with van der Waals surface area (Å²) in [6, 6.07) is 9.41. The molecule has 2 aliphatic heterocycles. The third-order valence-electron chi connectivity index (χ3n) is 4.66. The summed E-state index contributed by atoms with van der Waals surface area (Å²) in [4.78, 5) is 37.3. The van der Waals surface area contributed by atoms with Crippen molar-refractivity contribution in [3.63, 3.8) is 0 Å². The van der Waals surface area contributed by atoms with Crippen molar-refractivity contribution in [3.05, 3.63) is 77.9 Å². The monoisotopic (exact) mass is 379 g/mol. The lowest BCUT2D eigenvalue weighted by molar-refractivity contribution is -0.138. The van der Waals surface area contributed by atoms with Crippen LogP contribution in [0, 0.1) is 0 Å². The highest BCUT2D eigenvalue weighted by molar-refractivity contribution is 5.96. The van der Waals surface area contributed by atoms with Crippen molar-refractivity contribution in [1.29, 1.82) is 0 Å². The number of nitrogens with one attached hydrogen (secondary N) is 2. The van der Waals surface area contributed by atoms with Crippen molar-refractivity contribution in [1.82, 2.24) is 15.5 Å². The summed E-state index contributed by atoms with van der Waals surface area (Å²) in [6.07, 6.45) is 4.59. The van der Waals surface area contributed by atoms with E-state index in [4.69, 9.17) is 4.74 Å². The zero-order valence-corrected chi connectivity index (χ0v) is 15.5. The van der Waals surface area contributed by atoms with Gasteiger partial charge in [0.1, 0.15) is 23.8 Å². The summed E-state index contributed by atoms with van der Waals surface area (Å²) in [7, 11) is 0. The number of hydrogen-bond donors (Lipinski definition) is 2. The number of hydrogen-bond acceptors (Lipinski definition) is 5. The van der Waals surface area contributed by atoms with Crippen LogP contribution in [0.2, 0.25) is 0 Å². The average Bonchev–Trinajstić information content (AvgIpc) is 2.68. The Morgan fingerprint density at radius 2 is 2.07 bits per heavy atom. The minimum absolute atomic E-state index is 0.0669. The molecule has 0 aliphatic carbocycles. The summed E-state index contributed by atoms with van der Waals surface area (Å²) in [6.45, 7) is 6.13. The first-order valence-electron chi connectivity index (χ1n) is 8.79. The van der Waals surface area contributed by atoms with Gasteiger partial charge in [-0.2, -0.15) is 0 Å². The van der Waals surface area contributed by atoms with E-state index < -0.39 is 11.4 Å². The first-order valence-corrected chi connectivity index (χ1v) is 8.79. The Balaban J connectivity index is 1.80. The van der Waals surface area contributed by atoms with E-state index in [0.29, 0.717) is 13.1 Å². The zero-order valence-electron chi connectivity index (χ0n) is 15.5. The molecule has 7 nitrogen and oxygen atoms in total. The molecule has 2 N–H and O–H groups in total. The van der Waals surface area contributed by atoms with Crippen LogP contribution in [0.1, 0.15) is 12.5 Å². The molecule has 2 aliphatic rings. The molecule has 0 atom stereocenters. The SMILES string of the molecule is C=CC1(NC(=O)C2=C(OCc3ccccc3)C(=C=O)C=CN2)CN(C(C)=O)C1. The molecule has 0 unspecified atom stereocenters. The number of rotatable bonds is 6. The molecular formula is C21H21N3O4. The van der Waals surface area contributed by atoms with E-state index in [9.17, 15) is 14.4 Å². The Kier molecular flexibility index (Phi) is 5.47.